The highest BCUT2D eigenvalue weighted by Crippen LogP contribution is 2.52. The van der Waals surface area contributed by atoms with Gasteiger partial charge in [-0.05, 0) is 6.92 Å². The highest BCUT2D eigenvalue weighted by Gasteiger charge is 2.65. The van der Waals surface area contributed by atoms with Crippen LogP contribution >= 0.6 is 0 Å². The fraction of sp³-hybridized carbons (Fsp3) is 0.462. The minimum absolute atomic E-state index is 0.249. The van der Waals surface area contributed by atoms with Gasteiger partial charge in [0, 0.05) is 18.0 Å². The third kappa shape index (κ3) is 1.25. The molecule has 1 aromatic heterocycles. The maximum absolute atomic E-state index is 12.5. The Balaban J connectivity index is 1.75. The van der Waals surface area contributed by atoms with E-state index in [1.807, 2.05) is 0 Å². The third-order valence-corrected chi connectivity index (χ3v) is 4.26. The number of carboxylic acids is 1. The lowest BCUT2D eigenvalue weighted by molar-refractivity contribution is -0.313. The lowest BCUT2D eigenvalue weighted by Crippen LogP contribution is -2.45. The Hall–Kier alpha value is -2.15. The van der Waals surface area contributed by atoms with Crippen molar-refractivity contribution in [3.8, 4) is 0 Å². The van der Waals surface area contributed by atoms with Crippen molar-refractivity contribution in [2.24, 2.45) is 11.8 Å². The summed E-state index contributed by atoms with van der Waals surface area (Å²) in [6, 6.07) is 1.64. The Morgan fingerprint density at radius 2 is 2.40 bits per heavy atom. The molecular weight excluding hydrogens is 264 g/mol. The first-order valence-corrected chi connectivity index (χ1v) is 6.34. The van der Waals surface area contributed by atoms with E-state index < -0.39 is 29.5 Å². The second-order valence-corrected chi connectivity index (χ2v) is 5.44. The summed E-state index contributed by atoms with van der Waals surface area (Å²) in [5.41, 5.74) is -0.876. The number of aromatic nitrogens is 1. The number of fused-ring (bicyclic) bond motifs is 1. The fourth-order valence-electron chi connectivity index (χ4n) is 3.44. The topological polar surface area (TPSA) is 95.7 Å². The molecule has 3 aliphatic rings. The zero-order valence-corrected chi connectivity index (χ0v) is 10.6. The number of carbonyl (C=O) groups excluding carboxylic acids is 2. The van der Waals surface area contributed by atoms with Gasteiger partial charge in [0.25, 0.3) is 0 Å². The first-order valence-electron chi connectivity index (χ1n) is 6.34. The highest BCUT2D eigenvalue weighted by atomic mass is 16.5. The summed E-state index contributed by atoms with van der Waals surface area (Å²) in [6.07, 6.45) is 2.91. The number of amides is 1. The first kappa shape index (κ1) is 11.7. The molecular formula is C13H11N2O5-. The van der Waals surface area contributed by atoms with Crippen molar-refractivity contribution in [1.29, 1.82) is 0 Å². The lowest BCUT2D eigenvalue weighted by Gasteiger charge is -2.24. The first-order chi connectivity index (χ1) is 9.52. The molecule has 0 radical (unpaired) electrons. The van der Waals surface area contributed by atoms with Gasteiger partial charge in [0.2, 0.25) is 5.91 Å². The van der Waals surface area contributed by atoms with Crippen LogP contribution in [0.5, 0.6) is 0 Å². The van der Waals surface area contributed by atoms with Crippen LogP contribution in [0, 0.1) is 18.8 Å². The molecule has 3 aliphatic heterocycles. The number of aliphatic carboxylic acids is 1. The molecule has 0 saturated carbocycles. The number of ether oxygens (including phenoxy) is 1. The number of aryl methyl sites for hydroxylation is 1. The molecule has 4 heterocycles. The maximum atomic E-state index is 12.5. The molecule has 0 aromatic carbocycles. The molecule has 7 heteroatoms. The van der Waals surface area contributed by atoms with E-state index in [1.54, 1.807) is 25.1 Å². The Labute approximate surface area is 113 Å². The van der Waals surface area contributed by atoms with E-state index in [0.29, 0.717) is 11.6 Å². The van der Waals surface area contributed by atoms with Crippen LogP contribution in [0.2, 0.25) is 0 Å². The summed E-state index contributed by atoms with van der Waals surface area (Å²) in [5.74, 6) is -2.28. The molecule has 4 atom stereocenters. The van der Waals surface area contributed by atoms with Crippen molar-refractivity contribution in [2.75, 3.05) is 11.4 Å². The average Bonchev–Trinajstić information content (AvgIpc) is 3.10. The van der Waals surface area contributed by atoms with Crippen LogP contribution in [0.1, 0.15) is 5.76 Å². The van der Waals surface area contributed by atoms with Gasteiger partial charge in [-0.15, -0.1) is 0 Å². The van der Waals surface area contributed by atoms with Crippen LogP contribution < -0.4 is 10.0 Å². The summed E-state index contributed by atoms with van der Waals surface area (Å²) in [7, 11) is 0. The lowest BCUT2D eigenvalue weighted by atomic mass is 9.77. The van der Waals surface area contributed by atoms with Crippen LogP contribution in [-0.2, 0) is 14.3 Å². The van der Waals surface area contributed by atoms with Gasteiger partial charge in [0.1, 0.15) is 11.4 Å². The molecule has 1 aromatic rings. The van der Waals surface area contributed by atoms with E-state index in [4.69, 9.17) is 9.26 Å². The summed E-state index contributed by atoms with van der Waals surface area (Å²) in [6.45, 7) is 1.97. The van der Waals surface area contributed by atoms with Gasteiger partial charge >= 0.3 is 0 Å². The summed E-state index contributed by atoms with van der Waals surface area (Å²) < 4.78 is 10.7. The Morgan fingerprint density at radius 3 is 3.05 bits per heavy atom. The van der Waals surface area contributed by atoms with Crippen LogP contribution in [0.4, 0.5) is 5.82 Å². The number of anilines is 1. The summed E-state index contributed by atoms with van der Waals surface area (Å²) in [4.78, 5) is 25.2. The summed E-state index contributed by atoms with van der Waals surface area (Å²) in [5, 5.41) is 15.1. The predicted molar refractivity (Wildman–Crippen MR) is 62.3 cm³/mol. The molecule has 0 aliphatic carbocycles. The molecule has 0 unspecified atom stereocenters. The smallest absolute Gasteiger partial charge is 0.235 e. The van der Waals surface area contributed by atoms with Crippen molar-refractivity contribution in [2.45, 2.75) is 18.6 Å². The van der Waals surface area contributed by atoms with Crippen molar-refractivity contribution >= 4 is 17.7 Å². The molecule has 2 saturated heterocycles. The van der Waals surface area contributed by atoms with Gasteiger partial charge in [0.15, 0.2) is 5.82 Å². The molecule has 0 N–H and O–H groups in total. The second-order valence-electron chi connectivity index (χ2n) is 5.44. The largest absolute Gasteiger partial charge is 0.550 e. The number of rotatable bonds is 2. The number of hydrogen-bond acceptors (Lipinski definition) is 6. The maximum Gasteiger partial charge on any atom is 0.235 e. The van der Waals surface area contributed by atoms with Crippen molar-refractivity contribution in [1.82, 2.24) is 5.16 Å². The molecule has 2 bridgehead atoms. The SMILES string of the molecule is Cc1cc(N2C[C@@]34C=C[C@H](O3)[C@@H](C(=O)[O-])[C@@H]4C2=O)no1. The minimum Gasteiger partial charge on any atom is -0.550 e. The monoisotopic (exact) mass is 275 g/mol. The van der Waals surface area contributed by atoms with E-state index >= 15 is 0 Å². The highest BCUT2D eigenvalue weighted by molar-refractivity contribution is 6.01. The Kier molecular flexibility index (Phi) is 2.03. The van der Waals surface area contributed by atoms with Gasteiger partial charge in [-0.25, -0.2) is 0 Å². The predicted octanol–water partition coefficient (Wildman–Crippen LogP) is -0.981. The number of carboxylic acid groups (broad SMARTS) is 1. The molecule has 2 fully saturated rings. The van der Waals surface area contributed by atoms with Crippen molar-refractivity contribution in [3.05, 3.63) is 24.0 Å². The zero-order chi connectivity index (χ0) is 14.1. The Morgan fingerprint density at radius 1 is 1.60 bits per heavy atom. The quantitative estimate of drug-likeness (QED) is 0.644. The van der Waals surface area contributed by atoms with Gasteiger partial charge in [0.05, 0.1) is 18.6 Å². The van der Waals surface area contributed by atoms with Gasteiger partial charge in [-0.2, -0.15) is 0 Å². The molecule has 104 valence electrons. The van der Waals surface area contributed by atoms with Crippen LogP contribution in [-0.4, -0.2) is 35.3 Å². The van der Waals surface area contributed by atoms with Crippen LogP contribution in [0.3, 0.4) is 0 Å². The normalized spacial score (nSPS) is 37.8. The molecule has 7 nitrogen and oxygen atoms in total. The van der Waals surface area contributed by atoms with Gasteiger partial charge in [-0.3, -0.25) is 9.69 Å². The van der Waals surface area contributed by atoms with Crippen LogP contribution in [0.25, 0.3) is 0 Å². The molecule has 1 amide bonds. The molecule has 20 heavy (non-hydrogen) atoms. The zero-order valence-electron chi connectivity index (χ0n) is 10.6. The van der Waals surface area contributed by atoms with Crippen LogP contribution in [0.15, 0.2) is 22.7 Å². The number of hydrogen-bond donors (Lipinski definition) is 0. The fourth-order valence-corrected chi connectivity index (χ4v) is 3.44. The van der Waals surface area contributed by atoms with E-state index in [-0.39, 0.29) is 12.5 Å². The standard InChI is InChI=1S/C13H12N2O5/c1-6-4-8(14-20-6)15-5-13-3-2-7(19-13)9(12(17)18)10(13)11(15)16/h2-4,7,9-10H,5H2,1H3,(H,17,18)/p-1/t7-,9+,10+,13+/m0/s1. The van der Waals surface area contributed by atoms with Gasteiger partial charge < -0.3 is 19.2 Å². The molecule has 4 rings (SSSR count). The average molecular weight is 275 g/mol. The second kappa shape index (κ2) is 3.49. The van der Waals surface area contributed by atoms with Gasteiger partial charge in [-0.1, -0.05) is 17.3 Å². The minimum atomic E-state index is -1.25. The third-order valence-electron chi connectivity index (χ3n) is 4.26. The van der Waals surface area contributed by atoms with Crippen molar-refractivity contribution in [3.63, 3.8) is 0 Å². The van der Waals surface area contributed by atoms with E-state index in [0.717, 1.165) is 0 Å². The van der Waals surface area contributed by atoms with Crippen molar-refractivity contribution < 1.29 is 24.0 Å². The Bertz CT molecular complexity index is 651. The number of carbonyl (C=O) groups is 2. The summed E-state index contributed by atoms with van der Waals surface area (Å²) >= 11 is 0. The molecule has 1 spiro atoms. The number of nitrogens with zero attached hydrogens (tertiary/aromatic N) is 2. The van der Waals surface area contributed by atoms with E-state index in [2.05, 4.69) is 5.16 Å². The van der Waals surface area contributed by atoms with E-state index in [9.17, 15) is 14.7 Å². The van der Waals surface area contributed by atoms with E-state index in [1.165, 1.54) is 4.90 Å².